The van der Waals surface area contributed by atoms with Crippen LogP contribution in [-0.4, -0.2) is 24.5 Å². The van der Waals surface area contributed by atoms with E-state index >= 15 is 0 Å². The second-order valence-corrected chi connectivity index (χ2v) is 17.5. The average Bonchev–Trinajstić information content (AvgIpc) is 3.83. The second-order valence-electron chi connectivity index (χ2n) is 17.5. The van der Waals surface area contributed by atoms with E-state index < -0.39 is 0 Å². The van der Waals surface area contributed by atoms with Crippen LogP contribution in [0.15, 0.2) is 206 Å². The Bertz CT molecular complexity index is 3720. The number of nitrogens with zero attached hydrogens (tertiary/aromatic N) is 6. The molecule has 66 heavy (non-hydrogen) atoms. The molecule has 310 valence electrons. The number of fused-ring (bicyclic) bond motifs is 6. The highest BCUT2D eigenvalue weighted by atomic mass is 15.0. The Morgan fingerprint density at radius 1 is 0.424 bits per heavy atom. The van der Waals surface area contributed by atoms with Crippen LogP contribution in [0.5, 0.6) is 0 Å². The van der Waals surface area contributed by atoms with Crippen molar-refractivity contribution in [2.24, 2.45) is 0 Å². The zero-order valence-electron chi connectivity index (χ0n) is 36.3. The Labute approximate surface area is 382 Å². The van der Waals surface area contributed by atoms with Gasteiger partial charge in [-0.05, 0) is 111 Å². The third kappa shape index (κ3) is 6.56. The zero-order valence-corrected chi connectivity index (χ0v) is 36.3. The van der Waals surface area contributed by atoms with Gasteiger partial charge in [-0.15, -0.1) is 0 Å². The fourth-order valence-electron chi connectivity index (χ4n) is 9.71. The molecule has 3 aromatic heterocycles. The largest absolute Gasteiger partial charge is 0.294 e. The van der Waals surface area contributed by atoms with Crippen LogP contribution in [0.3, 0.4) is 0 Å². The zero-order chi connectivity index (χ0) is 44.4. The van der Waals surface area contributed by atoms with E-state index in [1.165, 1.54) is 22.3 Å². The molecule has 0 spiro atoms. The minimum absolute atomic E-state index is 0.306. The van der Waals surface area contributed by atoms with Gasteiger partial charge in [-0.1, -0.05) is 153 Å². The Morgan fingerprint density at radius 2 is 0.939 bits per heavy atom. The van der Waals surface area contributed by atoms with Gasteiger partial charge in [-0.2, -0.15) is 5.26 Å². The molecule has 0 atom stereocenters. The third-order valence-electron chi connectivity index (χ3n) is 13.1. The monoisotopic (exact) mass is 844 g/mol. The summed E-state index contributed by atoms with van der Waals surface area (Å²) in [6.07, 6.45) is 1.99. The van der Waals surface area contributed by atoms with E-state index in [4.69, 9.17) is 19.9 Å². The summed E-state index contributed by atoms with van der Waals surface area (Å²) in [6.45, 7) is 4.50. The number of hydrogen-bond donors (Lipinski definition) is 0. The molecule has 8 aromatic carbocycles. The molecule has 1 aliphatic carbocycles. The lowest BCUT2D eigenvalue weighted by atomic mass is 9.81. The van der Waals surface area contributed by atoms with E-state index in [0.29, 0.717) is 23.0 Å². The van der Waals surface area contributed by atoms with Crippen LogP contribution in [0.4, 0.5) is 0 Å². The first-order valence-corrected chi connectivity index (χ1v) is 22.2. The Kier molecular flexibility index (Phi) is 9.11. The van der Waals surface area contributed by atoms with Crippen LogP contribution in [0.2, 0.25) is 0 Å². The van der Waals surface area contributed by atoms with Gasteiger partial charge in [0.15, 0.2) is 17.5 Å². The van der Waals surface area contributed by atoms with E-state index in [1.807, 2.05) is 60.8 Å². The van der Waals surface area contributed by atoms with Crippen molar-refractivity contribution in [3.05, 3.63) is 223 Å². The lowest BCUT2D eigenvalue weighted by Crippen LogP contribution is -2.15. The van der Waals surface area contributed by atoms with Gasteiger partial charge in [0.25, 0.3) is 0 Å². The molecule has 6 heteroatoms. The van der Waals surface area contributed by atoms with Gasteiger partial charge in [0.2, 0.25) is 0 Å². The lowest BCUT2D eigenvalue weighted by Gasteiger charge is -2.22. The molecule has 11 aromatic rings. The van der Waals surface area contributed by atoms with Crippen LogP contribution in [-0.2, 0) is 5.41 Å². The Balaban J connectivity index is 1.06. The standard InChI is InChI=1S/C60H40N6/c1-60(2)53-30-38(36-61)22-28-49(53)50-29-27-43(35-54(50)60)44-31-45(47-34-52-51-20-12-13-21-55(51)66(59(52)62-37-47)48-18-10-5-11-19-48)33-46(32-44)58-64-56(41-16-8-4-9-17-41)63-57(65-58)42-25-23-40(24-26-42)39-14-6-3-7-15-39/h3-35,37H,1-2H3. The normalized spacial score (nSPS) is 12.5. The van der Waals surface area contributed by atoms with Gasteiger partial charge in [-0.3, -0.25) is 4.57 Å². The third-order valence-corrected chi connectivity index (χ3v) is 13.1. The molecule has 0 saturated carbocycles. The van der Waals surface area contributed by atoms with Crippen molar-refractivity contribution in [3.63, 3.8) is 0 Å². The first kappa shape index (κ1) is 38.9. The van der Waals surface area contributed by atoms with Crippen LogP contribution < -0.4 is 0 Å². The first-order chi connectivity index (χ1) is 32.4. The summed E-state index contributed by atoms with van der Waals surface area (Å²) in [4.78, 5) is 20.8. The molecule has 12 rings (SSSR count). The van der Waals surface area contributed by atoms with Gasteiger partial charge in [0, 0.05) is 50.3 Å². The molecule has 0 aliphatic heterocycles. The number of nitriles is 1. The van der Waals surface area contributed by atoms with Crippen molar-refractivity contribution in [1.29, 1.82) is 5.26 Å². The minimum Gasteiger partial charge on any atom is -0.294 e. The molecule has 0 amide bonds. The number of rotatable bonds is 7. The summed E-state index contributed by atoms with van der Waals surface area (Å²) < 4.78 is 2.24. The molecular formula is C60H40N6. The van der Waals surface area contributed by atoms with Crippen molar-refractivity contribution in [3.8, 4) is 90.4 Å². The Morgan fingerprint density at radius 3 is 1.64 bits per heavy atom. The molecule has 0 bridgehead atoms. The predicted molar refractivity (Wildman–Crippen MR) is 267 cm³/mol. The van der Waals surface area contributed by atoms with E-state index in [9.17, 15) is 5.26 Å². The maximum absolute atomic E-state index is 9.80. The van der Waals surface area contributed by atoms with Crippen LogP contribution in [0, 0.1) is 11.3 Å². The van der Waals surface area contributed by atoms with Crippen molar-refractivity contribution in [2.75, 3.05) is 0 Å². The van der Waals surface area contributed by atoms with Gasteiger partial charge in [-0.25, -0.2) is 19.9 Å². The van der Waals surface area contributed by atoms with Gasteiger partial charge >= 0.3 is 0 Å². The highest BCUT2D eigenvalue weighted by Crippen LogP contribution is 2.50. The molecule has 0 fully saturated rings. The summed E-state index contributed by atoms with van der Waals surface area (Å²) in [5, 5.41) is 12.0. The molecular weight excluding hydrogens is 805 g/mol. The summed E-state index contributed by atoms with van der Waals surface area (Å²) in [5.74, 6) is 1.76. The summed E-state index contributed by atoms with van der Waals surface area (Å²) in [7, 11) is 0. The van der Waals surface area contributed by atoms with Crippen molar-refractivity contribution in [2.45, 2.75) is 19.3 Å². The van der Waals surface area contributed by atoms with E-state index in [0.717, 1.165) is 77.7 Å². The molecule has 0 N–H and O–H groups in total. The highest BCUT2D eigenvalue weighted by Gasteiger charge is 2.36. The minimum atomic E-state index is -0.306. The van der Waals surface area contributed by atoms with E-state index in [2.05, 4.69) is 170 Å². The second kappa shape index (κ2) is 15.5. The molecule has 1 aliphatic rings. The molecule has 3 heterocycles. The lowest BCUT2D eigenvalue weighted by molar-refractivity contribution is 0.660. The number of aromatic nitrogens is 5. The SMILES string of the molecule is CC1(C)c2cc(C#N)ccc2-c2ccc(-c3cc(-c4cnc5c(c4)c4ccccc4n5-c4ccccc4)cc(-c4nc(-c5ccccc5)nc(-c5ccc(-c6ccccc6)cc5)n4)c3)cc21. The van der Waals surface area contributed by atoms with E-state index in [1.54, 1.807) is 0 Å². The van der Waals surface area contributed by atoms with Gasteiger partial charge < -0.3 is 0 Å². The predicted octanol–water partition coefficient (Wildman–Crippen LogP) is 14.5. The first-order valence-electron chi connectivity index (χ1n) is 22.2. The molecule has 0 unspecified atom stereocenters. The summed E-state index contributed by atoms with van der Waals surface area (Å²) in [6, 6.07) is 72.0. The van der Waals surface area contributed by atoms with Crippen LogP contribution in [0.1, 0.15) is 30.5 Å². The van der Waals surface area contributed by atoms with Gasteiger partial charge in [0.05, 0.1) is 17.1 Å². The summed E-state index contributed by atoms with van der Waals surface area (Å²) in [5.41, 5.74) is 17.2. The maximum Gasteiger partial charge on any atom is 0.164 e. The fraction of sp³-hybridized carbons (Fsp3) is 0.0500. The van der Waals surface area contributed by atoms with Crippen molar-refractivity contribution in [1.82, 2.24) is 24.5 Å². The topological polar surface area (TPSA) is 80.3 Å². The average molecular weight is 845 g/mol. The molecule has 0 saturated heterocycles. The highest BCUT2D eigenvalue weighted by molar-refractivity contribution is 6.09. The smallest absolute Gasteiger partial charge is 0.164 e. The number of pyridine rings is 1. The van der Waals surface area contributed by atoms with Crippen LogP contribution in [0.25, 0.3) is 106 Å². The maximum atomic E-state index is 9.80. The molecule has 6 nitrogen and oxygen atoms in total. The number of benzene rings is 8. The van der Waals surface area contributed by atoms with Crippen molar-refractivity contribution < 1.29 is 0 Å². The fourth-order valence-corrected chi connectivity index (χ4v) is 9.71. The van der Waals surface area contributed by atoms with E-state index in [-0.39, 0.29) is 5.41 Å². The number of hydrogen-bond acceptors (Lipinski definition) is 5. The quantitative estimate of drug-likeness (QED) is 0.160. The van der Waals surface area contributed by atoms with Crippen LogP contribution >= 0.6 is 0 Å². The number of para-hydroxylation sites is 2. The van der Waals surface area contributed by atoms with Crippen molar-refractivity contribution >= 4 is 21.9 Å². The van der Waals surface area contributed by atoms with Gasteiger partial charge in [0.1, 0.15) is 5.65 Å². The Hall–Kier alpha value is -8.79. The summed E-state index contributed by atoms with van der Waals surface area (Å²) >= 11 is 0. The molecule has 0 radical (unpaired) electrons.